The summed E-state index contributed by atoms with van der Waals surface area (Å²) in [6, 6.07) is 7.09. The van der Waals surface area contributed by atoms with Gasteiger partial charge >= 0.3 is 12.4 Å². The third-order valence-electron chi connectivity index (χ3n) is 5.20. The maximum Gasteiger partial charge on any atom is 0.430 e. The molecule has 0 bridgehead atoms. The summed E-state index contributed by atoms with van der Waals surface area (Å²) in [5.41, 5.74) is -4.33. The number of aliphatic hydroxyl groups is 1. The third kappa shape index (κ3) is 5.26. The average molecular weight is 484 g/mol. The van der Waals surface area contributed by atoms with Gasteiger partial charge in [0.1, 0.15) is 5.75 Å². The molecule has 0 aliphatic heterocycles. The highest BCUT2D eigenvalue weighted by molar-refractivity contribution is 6.31. The molecular weight excluding hydrogens is 460 g/mol. The van der Waals surface area contributed by atoms with Crippen LogP contribution in [-0.4, -0.2) is 31.1 Å². The number of alkyl halides is 6. The normalized spacial score (nSPS) is 12.7. The fourth-order valence-electron chi connectivity index (χ4n) is 3.28. The van der Waals surface area contributed by atoms with Gasteiger partial charge in [-0.2, -0.15) is 26.3 Å². The number of nitrogens with zero attached hydrogens (tertiary/aromatic N) is 1. The lowest BCUT2D eigenvalue weighted by Gasteiger charge is -2.33. The zero-order valence-electron chi connectivity index (χ0n) is 17.7. The smallest absolute Gasteiger partial charge is 0.430 e. The van der Waals surface area contributed by atoms with Gasteiger partial charge in [0.05, 0.1) is 7.11 Å². The standard InChI is InChI=1S/C22H24ClF6NO2/c1-4-5-10-30(13-15-11-18(23)14(2)19(12-15)32-3)17-8-6-16(7-9-17)20(31,21(24,25)26)22(27,28)29/h6-9,11-12,31H,4-5,10,13H2,1-3H3. The number of anilines is 1. The van der Waals surface area contributed by atoms with Gasteiger partial charge in [-0.25, -0.2) is 0 Å². The Morgan fingerprint density at radius 2 is 1.56 bits per heavy atom. The Balaban J connectivity index is 2.42. The van der Waals surface area contributed by atoms with Crippen LogP contribution in [0, 0.1) is 6.92 Å². The molecule has 32 heavy (non-hydrogen) atoms. The molecule has 2 aromatic rings. The van der Waals surface area contributed by atoms with Gasteiger partial charge in [0, 0.05) is 34.9 Å². The van der Waals surface area contributed by atoms with Gasteiger partial charge in [-0.05, 0) is 43.2 Å². The number of halogens is 7. The third-order valence-corrected chi connectivity index (χ3v) is 5.59. The van der Waals surface area contributed by atoms with Crippen molar-refractivity contribution in [1.82, 2.24) is 0 Å². The van der Waals surface area contributed by atoms with Crippen LogP contribution in [0.4, 0.5) is 32.0 Å². The first-order valence-electron chi connectivity index (χ1n) is 9.80. The van der Waals surface area contributed by atoms with Gasteiger partial charge in [-0.15, -0.1) is 0 Å². The largest absolute Gasteiger partial charge is 0.496 e. The molecule has 178 valence electrons. The zero-order valence-corrected chi connectivity index (χ0v) is 18.5. The van der Waals surface area contributed by atoms with E-state index in [1.807, 2.05) is 11.8 Å². The second-order valence-electron chi connectivity index (χ2n) is 7.43. The molecule has 0 amide bonds. The van der Waals surface area contributed by atoms with E-state index in [4.69, 9.17) is 16.3 Å². The van der Waals surface area contributed by atoms with Crippen LogP contribution < -0.4 is 9.64 Å². The van der Waals surface area contributed by atoms with E-state index in [1.165, 1.54) is 7.11 Å². The molecule has 0 atom stereocenters. The molecule has 1 N–H and O–H groups in total. The van der Waals surface area contributed by atoms with E-state index >= 15 is 0 Å². The molecule has 2 rings (SSSR count). The molecule has 0 aliphatic carbocycles. The highest BCUT2D eigenvalue weighted by Gasteiger charge is 2.71. The first-order chi connectivity index (χ1) is 14.8. The first-order valence-corrected chi connectivity index (χ1v) is 10.2. The SMILES string of the molecule is CCCCN(Cc1cc(Cl)c(C)c(OC)c1)c1ccc(C(O)(C(F)(F)F)C(F)(F)F)cc1. The summed E-state index contributed by atoms with van der Waals surface area (Å²) >= 11 is 6.25. The number of benzene rings is 2. The molecular formula is C22H24ClF6NO2. The Bertz CT molecular complexity index is 898. The minimum Gasteiger partial charge on any atom is -0.496 e. The van der Waals surface area contributed by atoms with Crippen molar-refractivity contribution in [3.8, 4) is 5.75 Å². The Morgan fingerprint density at radius 1 is 1.00 bits per heavy atom. The van der Waals surface area contributed by atoms with Crippen molar-refractivity contribution in [2.24, 2.45) is 0 Å². The van der Waals surface area contributed by atoms with Gasteiger partial charge in [-0.1, -0.05) is 37.1 Å². The van der Waals surface area contributed by atoms with Crippen LogP contribution in [0.5, 0.6) is 5.75 Å². The Labute approximate surface area is 187 Å². The van der Waals surface area contributed by atoms with Gasteiger partial charge in [0.15, 0.2) is 0 Å². The minimum atomic E-state index is -5.93. The monoisotopic (exact) mass is 483 g/mol. The summed E-state index contributed by atoms with van der Waals surface area (Å²) in [5, 5.41) is 10.1. The summed E-state index contributed by atoms with van der Waals surface area (Å²) in [5.74, 6) is 0.568. The fraction of sp³-hybridized carbons (Fsp3) is 0.455. The van der Waals surface area contributed by atoms with Crippen molar-refractivity contribution in [3.63, 3.8) is 0 Å². The summed E-state index contributed by atoms with van der Waals surface area (Å²) in [7, 11) is 1.50. The molecule has 0 saturated carbocycles. The zero-order chi connectivity index (χ0) is 24.3. The van der Waals surface area contributed by atoms with E-state index in [1.54, 1.807) is 19.1 Å². The second-order valence-corrected chi connectivity index (χ2v) is 7.84. The van der Waals surface area contributed by atoms with Gasteiger partial charge in [0.2, 0.25) is 0 Å². The molecule has 0 aromatic heterocycles. The van der Waals surface area contributed by atoms with Crippen LogP contribution in [0.15, 0.2) is 36.4 Å². The predicted molar refractivity (Wildman–Crippen MR) is 111 cm³/mol. The van der Waals surface area contributed by atoms with Crippen molar-refractivity contribution >= 4 is 17.3 Å². The van der Waals surface area contributed by atoms with Crippen LogP contribution in [-0.2, 0) is 12.1 Å². The van der Waals surface area contributed by atoms with Gasteiger partial charge in [0.25, 0.3) is 5.60 Å². The Hall–Kier alpha value is -2.13. The maximum absolute atomic E-state index is 13.1. The summed E-state index contributed by atoms with van der Waals surface area (Å²) < 4.78 is 84.1. The van der Waals surface area contributed by atoms with Crippen molar-refractivity contribution < 1.29 is 36.2 Å². The lowest BCUT2D eigenvalue weighted by Crippen LogP contribution is -2.53. The number of hydrogen-bond donors (Lipinski definition) is 1. The lowest BCUT2D eigenvalue weighted by atomic mass is 9.92. The van der Waals surface area contributed by atoms with Crippen molar-refractivity contribution in [1.29, 1.82) is 0 Å². The van der Waals surface area contributed by atoms with Crippen LogP contribution in [0.1, 0.15) is 36.5 Å². The van der Waals surface area contributed by atoms with E-state index in [2.05, 4.69) is 0 Å². The number of methoxy groups -OCH3 is 1. The number of unbranched alkanes of at least 4 members (excludes halogenated alkanes) is 1. The summed E-state index contributed by atoms with van der Waals surface area (Å²) in [6.45, 7) is 4.56. The van der Waals surface area contributed by atoms with Gasteiger partial charge in [-0.3, -0.25) is 0 Å². The lowest BCUT2D eigenvalue weighted by molar-refractivity contribution is -0.376. The molecule has 2 aromatic carbocycles. The molecule has 3 nitrogen and oxygen atoms in total. The van der Waals surface area contributed by atoms with Crippen LogP contribution in [0.3, 0.4) is 0 Å². The molecule has 0 fully saturated rings. The highest BCUT2D eigenvalue weighted by atomic mass is 35.5. The van der Waals surface area contributed by atoms with Crippen molar-refractivity contribution in [2.75, 3.05) is 18.6 Å². The fourth-order valence-corrected chi connectivity index (χ4v) is 3.51. The molecule has 0 unspecified atom stereocenters. The molecule has 0 aliphatic rings. The van der Waals surface area contributed by atoms with Crippen molar-refractivity contribution in [3.05, 3.63) is 58.1 Å². The van der Waals surface area contributed by atoms with E-state index in [0.29, 0.717) is 41.7 Å². The molecule has 0 heterocycles. The predicted octanol–water partition coefficient (Wildman–Crippen LogP) is 6.78. The first kappa shape index (κ1) is 26.1. The van der Waals surface area contributed by atoms with E-state index in [-0.39, 0.29) is 0 Å². The summed E-state index contributed by atoms with van der Waals surface area (Å²) in [6.07, 6.45) is -10.3. The van der Waals surface area contributed by atoms with E-state index in [0.717, 1.165) is 36.1 Å². The Morgan fingerprint density at radius 3 is 2.03 bits per heavy atom. The van der Waals surface area contributed by atoms with Gasteiger partial charge < -0.3 is 14.7 Å². The Kier molecular flexibility index (Phi) is 7.99. The topological polar surface area (TPSA) is 32.7 Å². The number of ether oxygens (including phenoxy) is 1. The summed E-state index contributed by atoms with van der Waals surface area (Å²) in [4.78, 5) is 1.81. The number of rotatable bonds is 8. The van der Waals surface area contributed by atoms with E-state index < -0.39 is 23.5 Å². The number of hydrogen-bond acceptors (Lipinski definition) is 3. The molecule has 0 radical (unpaired) electrons. The quantitative estimate of drug-likeness (QED) is 0.420. The van der Waals surface area contributed by atoms with Crippen LogP contribution in [0.2, 0.25) is 5.02 Å². The molecule has 0 spiro atoms. The van der Waals surface area contributed by atoms with Crippen molar-refractivity contribution in [2.45, 2.75) is 51.2 Å². The minimum absolute atomic E-state index is 0.304. The van der Waals surface area contributed by atoms with Crippen LogP contribution >= 0.6 is 11.6 Å². The van der Waals surface area contributed by atoms with E-state index in [9.17, 15) is 31.4 Å². The molecule has 0 saturated heterocycles. The second kappa shape index (κ2) is 9.79. The maximum atomic E-state index is 13.1. The average Bonchev–Trinajstić information content (AvgIpc) is 2.71. The molecule has 10 heteroatoms. The highest BCUT2D eigenvalue weighted by Crippen LogP contribution is 2.50. The van der Waals surface area contributed by atoms with Crippen LogP contribution in [0.25, 0.3) is 0 Å².